The number of hydrogen-bond donors (Lipinski definition) is 0. The standard InChI is InChI=1S/C27H22BrN3O3/c1-3-17(2)33-21-8-6-7-18(13-21)16-29-31-26(30-23-10-5-4-9-22(23)27(31)32)25-15-19-14-20(28)11-12-24(19)34-25/h4-17H,3H2,1-2H3/t17-/m0/s1. The second kappa shape index (κ2) is 9.27. The van der Waals surface area contributed by atoms with E-state index in [-0.39, 0.29) is 11.7 Å². The van der Waals surface area contributed by atoms with Crippen molar-refractivity contribution in [3.63, 3.8) is 0 Å². The largest absolute Gasteiger partial charge is 0.491 e. The molecule has 7 heteroatoms. The number of nitrogens with zero attached hydrogens (tertiary/aromatic N) is 3. The van der Waals surface area contributed by atoms with Crippen molar-refractivity contribution < 1.29 is 9.15 Å². The van der Waals surface area contributed by atoms with Crippen molar-refractivity contribution in [2.45, 2.75) is 26.4 Å². The van der Waals surface area contributed by atoms with Crippen LogP contribution in [0.15, 0.2) is 91.6 Å². The highest BCUT2D eigenvalue weighted by atomic mass is 79.9. The highest BCUT2D eigenvalue weighted by Gasteiger charge is 2.16. The highest BCUT2D eigenvalue weighted by molar-refractivity contribution is 9.10. The van der Waals surface area contributed by atoms with Crippen LogP contribution in [0.2, 0.25) is 0 Å². The molecule has 0 radical (unpaired) electrons. The Morgan fingerprint density at radius 3 is 2.82 bits per heavy atom. The fourth-order valence-corrected chi connectivity index (χ4v) is 4.00. The van der Waals surface area contributed by atoms with E-state index >= 15 is 0 Å². The number of halogens is 1. The van der Waals surface area contributed by atoms with Gasteiger partial charge in [0.1, 0.15) is 11.3 Å². The molecule has 1 atom stereocenters. The number of furan rings is 1. The Hall–Kier alpha value is -3.71. The van der Waals surface area contributed by atoms with E-state index in [0.29, 0.717) is 28.1 Å². The zero-order valence-corrected chi connectivity index (χ0v) is 20.3. The molecule has 0 saturated carbocycles. The van der Waals surface area contributed by atoms with Gasteiger partial charge in [0.2, 0.25) is 5.82 Å². The van der Waals surface area contributed by atoms with Gasteiger partial charge in [-0.1, -0.05) is 47.1 Å². The third kappa shape index (κ3) is 4.39. The van der Waals surface area contributed by atoms with Crippen molar-refractivity contribution in [1.29, 1.82) is 0 Å². The quantitative estimate of drug-likeness (QED) is 0.238. The lowest BCUT2D eigenvalue weighted by molar-refractivity contribution is 0.217. The molecular weight excluding hydrogens is 494 g/mol. The van der Waals surface area contributed by atoms with Crippen molar-refractivity contribution in [2.24, 2.45) is 5.10 Å². The highest BCUT2D eigenvalue weighted by Crippen LogP contribution is 2.29. The monoisotopic (exact) mass is 515 g/mol. The molecule has 0 aliphatic rings. The molecule has 5 aromatic rings. The molecule has 0 fully saturated rings. The summed E-state index contributed by atoms with van der Waals surface area (Å²) in [5, 5.41) is 5.91. The molecule has 6 nitrogen and oxygen atoms in total. The van der Waals surface area contributed by atoms with Gasteiger partial charge in [0.15, 0.2) is 5.76 Å². The number of hydrogen-bond acceptors (Lipinski definition) is 5. The maximum atomic E-state index is 13.4. The minimum Gasteiger partial charge on any atom is -0.491 e. The van der Waals surface area contributed by atoms with Crippen LogP contribution < -0.4 is 10.3 Å². The van der Waals surface area contributed by atoms with Gasteiger partial charge in [-0.25, -0.2) is 4.98 Å². The Bertz CT molecular complexity index is 1590. The van der Waals surface area contributed by atoms with Crippen molar-refractivity contribution >= 4 is 44.0 Å². The molecule has 0 bridgehead atoms. The van der Waals surface area contributed by atoms with Crippen LogP contribution in [-0.2, 0) is 0 Å². The van der Waals surface area contributed by atoms with E-state index in [2.05, 4.69) is 28.0 Å². The summed E-state index contributed by atoms with van der Waals surface area (Å²) >= 11 is 3.49. The van der Waals surface area contributed by atoms with Crippen LogP contribution in [0, 0.1) is 0 Å². The lowest BCUT2D eigenvalue weighted by atomic mass is 10.2. The second-order valence-electron chi connectivity index (χ2n) is 8.02. The van der Waals surface area contributed by atoms with Crippen molar-refractivity contribution in [1.82, 2.24) is 9.66 Å². The average Bonchev–Trinajstić information content (AvgIpc) is 3.26. The molecular formula is C27H22BrN3O3. The van der Waals surface area contributed by atoms with Crippen LogP contribution in [-0.4, -0.2) is 22.0 Å². The van der Waals surface area contributed by atoms with E-state index in [1.165, 1.54) is 4.68 Å². The molecule has 0 aliphatic heterocycles. The summed E-state index contributed by atoms with van der Waals surface area (Å²) in [7, 11) is 0. The summed E-state index contributed by atoms with van der Waals surface area (Å²) in [5.41, 5.74) is 1.82. The Morgan fingerprint density at radius 2 is 1.97 bits per heavy atom. The predicted octanol–water partition coefficient (Wildman–Crippen LogP) is 6.63. The molecule has 2 aromatic heterocycles. The summed E-state index contributed by atoms with van der Waals surface area (Å²) in [6.45, 7) is 4.10. The van der Waals surface area contributed by atoms with E-state index in [4.69, 9.17) is 14.1 Å². The van der Waals surface area contributed by atoms with Crippen LogP contribution in [0.25, 0.3) is 33.5 Å². The summed E-state index contributed by atoms with van der Waals surface area (Å²) in [6, 6.07) is 22.4. The summed E-state index contributed by atoms with van der Waals surface area (Å²) in [5.74, 6) is 1.55. The number of aromatic nitrogens is 2. The minimum absolute atomic E-state index is 0.110. The number of ether oxygens (including phenoxy) is 1. The van der Waals surface area contributed by atoms with Gasteiger partial charge < -0.3 is 9.15 Å². The Labute approximate surface area is 204 Å². The van der Waals surface area contributed by atoms with Gasteiger partial charge in [0.25, 0.3) is 5.56 Å². The molecule has 0 amide bonds. The van der Waals surface area contributed by atoms with Gasteiger partial charge in [-0.05, 0) is 67.4 Å². The first-order valence-electron chi connectivity index (χ1n) is 11.0. The van der Waals surface area contributed by atoms with Crippen LogP contribution in [0.5, 0.6) is 5.75 Å². The third-order valence-corrected chi connectivity index (χ3v) is 6.04. The fraction of sp³-hybridized carbons (Fsp3) is 0.148. The zero-order chi connectivity index (χ0) is 23.7. The lowest BCUT2D eigenvalue weighted by Crippen LogP contribution is -2.20. The maximum absolute atomic E-state index is 13.4. The first-order valence-corrected chi connectivity index (χ1v) is 11.8. The molecule has 0 spiro atoms. The molecule has 0 saturated heterocycles. The first kappa shape index (κ1) is 22.1. The molecule has 5 rings (SSSR count). The van der Waals surface area contributed by atoms with Gasteiger partial charge >= 0.3 is 0 Å². The van der Waals surface area contributed by atoms with Gasteiger partial charge in [0, 0.05) is 9.86 Å². The number of benzene rings is 3. The summed E-state index contributed by atoms with van der Waals surface area (Å²) in [6.07, 6.45) is 2.65. The molecule has 170 valence electrons. The topological polar surface area (TPSA) is 69.6 Å². The van der Waals surface area contributed by atoms with E-state index in [1.807, 2.05) is 73.7 Å². The van der Waals surface area contributed by atoms with Gasteiger partial charge in [0.05, 0.1) is 23.2 Å². The Balaban J connectivity index is 1.63. The maximum Gasteiger partial charge on any atom is 0.282 e. The first-order chi connectivity index (χ1) is 16.5. The summed E-state index contributed by atoms with van der Waals surface area (Å²) in [4.78, 5) is 18.1. The fourth-order valence-electron chi connectivity index (χ4n) is 3.62. The van der Waals surface area contributed by atoms with E-state index in [9.17, 15) is 4.79 Å². The lowest BCUT2D eigenvalue weighted by Gasteiger charge is -2.12. The molecule has 0 aliphatic carbocycles. The second-order valence-corrected chi connectivity index (χ2v) is 8.93. The number of para-hydroxylation sites is 1. The van der Waals surface area contributed by atoms with Gasteiger partial charge in [-0.2, -0.15) is 9.78 Å². The van der Waals surface area contributed by atoms with Crippen LogP contribution in [0.3, 0.4) is 0 Å². The minimum atomic E-state index is -0.273. The zero-order valence-electron chi connectivity index (χ0n) is 18.7. The molecule has 0 N–H and O–H groups in total. The smallest absolute Gasteiger partial charge is 0.282 e. The van der Waals surface area contributed by atoms with Gasteiger partial charge in [-0.3, -0.25) is 4.79 Å². The van der Waals surface area contributed by atoms with Crippen molar-refractivity contribution in [3.05, 3.63) is 93.2 Å². The molecule has 3 aromatic carbocycles. The van der Waals surface area contributed by atoms with Gasteiger partial charge in [-0.15, -0.1) is 0 Å². The summed E-state index contributed by atoms with van der Waals surface area (Å²) < 4.78 is 14.2. The Kier molecular flexibility index (Phi) is 6.02. The average molecular weight is 516 g/mol. The molecule has 2 heterocycles. The molecule has 0 unspecified atom stereocenters. The van der Waals surface area contributed by atoms with Crippen molar-refractivity contribution in [3.8, 4) is 17.3 Å². The Morgan fingerprint density at radius 1 is 1.12 bits per heavy atom. The number of rotatable bonds is 6. The van der Waals surface area contributed by atoms with Crippen LogP contribution in [0.4, 0.5) is 0 Å². The van der Waals surface area contributed by atoms with E-state index in [0.717, 1.165) is 27.6 Å². The predicted molar refractivity (Wildman–Crippen MR) is 139 cm³/mol. The number of fused-ring (bicyclic) bond motifs is 2. The third-order valence-electron chi connectivity index (χ3n) is 5.55. The van der Waals surface area contributed by atoms with E-state index < -0.39 is 0 Å². The molecule has 34 heavy (non-hydrogen) atoms. The van der Waals surface area contributed by atoms with Crippen molar-refractivity contribution in [2.75, 3.05) is 0 Å². The van der Waals surface area contributed by atoms with Crippen LogP contribution >= 0.6 is 15.9 Å². The SMILES string of the molecule is CC[C@H](C)Oc1cccc(C=Nn2c(-c3cc4cc(Br)ccc4o3)nc3ccccc3c2=O)c1. The van der Waals surface area contributed by atoms with E-state index in [1.54, 1.807) is 12.3 Å². The normalized spacial score (nSPS) is 12.6. The van der Waals surface area contributed by atoms with Crippen LogP contribution in [0.1, 0.15) is 25.8 Å².